The van der Waals surface area contributed by atoms with Gasteiger partial charge in [-0.1, -0.05) is 29.8 Å². The molecule has 0 fully saturated rings. The van der Waals surface area contributed by atoms with Crippen LogP contribution in [0.1, 0.15) is 30.4 Å². The highest BCUT2D eigenvalue weighted by Gasteiger charge is 2.19. The normalized spacial score (nSPS) is 15.3. The molecule has 1 aliphatic rings. The molecule has 1 aliphatic carbocycles. The Balaban J connectivity index is 2.04. The van der Waals surface area contributed by atoms with Crippen molar-refractivity contribution in [1.29, 1.82) is 0 Å². The Kier molecular flexibility index (Phi) is 4.27. The molecule has 0 spiro atoms. The predicted octanol–water partition coefficient (Wildman–Crippen LogP) is 4.22. The van der Waals surface area contributed by atoms with E-state index in [4.69, 9.17) is 16.7 Å². The molecule has 0 saturated carbocycles. The minimum absolute atomic E-state index is 0.0823. The fourth-order valence-corrected chi connectivity index (χ4v) is 3.54. The molecule has 23 heavy (non-hydrogen) atoms. The van der Waals surface area contributed by atoms with Crippen molar-refractivity contribution in [2.24, 2.45) is 5.14 Å². The third-order valence-corrected chi connectivity index (χ3v) is 5.25. The summed E-state index contributed by atoms with van der Waals surface area (Å²) in [7, 11) is -3.70. The number of nitrogens with two attached hydrogens (primary N) is 1. The Morgan fingerprint density at radius 2 is 1.52 bits per heavy atom. The lowest BCUT2D eigenvalue weighted by Crippen LogP contribution is -2.11. The third kappa shape index (κ3) is 3.32. The molecule has 0 bridgehead atoms. The van der Waals surface area contributed by atoms with E-state index >= 15 is 0 Å². The summed E-state index contributed by atoms with van der Waals surface area (Å²) < 4.78 is 36.4. The molecule has 0 saturated heterocycles. The van der Waals surface area contributed by atoms with Gasteiger partial charge in [0.25, 0.3) is 0 Å². The van der Waals surface area contributed by atoms with Crippen molar-refractivity contribution in [1.82, 2.24) is 0 Å². The zero-order valence-electron chi connectivity index (χ0n) is 12.2. The Labute approximate surface area is 139 Å². The molecular weight excluding hydrogens is 337 g/mol. The van der Waals surface area contributed by atoms with Crippen LogP contribution in [0.2, 0.25) is 5.02 Å². The number of rotatable bonds is 3. The van der Waals surface area contributed by atoms with Gasteiger partial charge < -0.3 is 0 Å². The SMILES string of the molecule is NS(=O)(=O)c1ccc(C2=C(c3ccc(Cl)c(F)c3)CCC2)cc1. The zero-order valence-corrected chi connectivity index (χ0v) is 13.8. The lowest BCUT2D eigenvalue weighted by Gasteiger charge is -2.10. The maximum Gasteiger partial charge on any atom is 0.238 e. The van der Waals surface area contributed by atoms with E-state index in [0.717, 1.165) is 41.5 Å². The topological polar surface area (TPSA) is 60.2 Å². The summed E-state index contributed by atoms with van der Waals surface area (Å²) in [5, 5.41) is 5.22. The average Bonchev–Trinajstić information content (AvgIpc) is 2.99. The molecule has 2 N–H and O–H groups in total. The molecule has 0 radical (unpaired) electrons. The van der Waals surface area contributed by atoms with Gasteiger partial charge in [0, 0.05) is 0 Å². The summed E-state index contributed by atoms with van der Waals surface area (Å²) in [6, 6.07) is 11.3. The lowest BCUT2D eigenvalue weighted by atomic mass is 9.97. The lowest BCUT2D eigenvalue weighted by molar-refractivity contribution is 0.598. The van der Waals surface area contributed by atoms with Crippen molar-refractivity contribution in [2.75, 3.05) is 0 Å². The average molecular weight is 352 g/mol. The number of primary sulfonamides is 1. The van der Waals surface area contributed by atoms with E-state index in [9.17, 15) is 12.8 Å². The second kappa shape index (κ2) is 6.07. The molecule has 0 unspecified atom stereocenters. The van der Waals surface area contributed by atoms with E-state index in [0.29, 0.717) is 0 Å². The van der Waals surface area contributed by atoms with E-state index in [1.165, 1.54) is 18.2 Å². The highest BCUT2D eigenvalue weighted by molar-refractivity contribution is 7.89. The van der Waals surface area contributed by atoms with Gasteiger partial charge in [-0.2, -0.15) is 0 Å². The van der Waals surface area contributed by atoms with Gasteiger partial charge in [-0.3, -0.25) is 0 Å². The van der Waals surface area contributed by atoms with E-state index in [1.54, 1.807) is 18.2 Å². The summed E-state index contributed by atoms with van der Waals surface area (Å²) in [5.41, 5.74) is 3.92. The first kappa shape index (κ1) is 16.2. The number of allylic oxidation sites excluding steroid dienone is 2. The summed E-state index contributed by atoms with van der Waals surface area (Å²) in [5.74, 6) is -0.438. The largest absolute Gasteiger partial charge is 0.238 e. The molecule has 6 heteroatoms. The highest BCUT2D eigenvalue weighted by Crippen LogP contribution is 2.40. The van der Waals surface area contributed by atoms with Gasteiger partial charge in [0.05, 0.1) is 9.92 Å². The fourth-order valence-electron chi connectivity index (χ4n) is 2.91. The van der Waals surface area contributed by atoms with Crippen molar-refractivity contribution < 1.29 is 12.8 Å². The predicted molar refractivity (Wildman–Crippen MR) is 89.9 cm³/mol. The molecule has 120 valence electrons. The van der Waals surface area contributed by atoms with E-state index in [1.807, 2.05) is 6.07 Å². The van der Waals surface area contributed by atoms with Crippen LogP contribution in [0.3, 0.4) is 0 Å². The van der Waals surface area contributed by atoms with Gasteiger partial charge in [0.2, 0.25) is 10.0 Å². The van der Waals surface area contributed by atoms with Gasteiger partial charge in [-0.15, -0.1) is 0 Å². The van der Waals surface area contributed by atoms with Crippen LogP contribution in [0, 0.1) is 5.82 Å². The van der Waals surface area contributed by atoms with Crippen LogP contribution in [0.15, 0.2) is 47.4 Å². The monoisotopic (exact) mass is 351 g/mol. The van der Waals surface area contributed by atoms with Crippen LogP contribution in [-0.2, 0) is 10.0 Å². The molecular formula is C17H15ClFNO2S. The Hall–Kier alpha value is -1.69. The minimum Gasteiger partial charge on any atom is -0.225 e. The van der Waals surface area contributed by atoms with Crippen molar-refractivity contribution >= 4 is 32.8 Å². The third-order valence-electron chi connectivity index (χ3n) is 4.02. The molecule has 0 aromatic heterocycles. The minimum atomic E-state index is -3.70. The summed E-state index contributed by atoms with van der Waals surface area (Å²) in [6.45, 7) is 0. The Morgan fingerprint density at radius 3 is 2.09 bits per heavy atom. The van der Waals surface area contributed by atoms with Crippen molar-refractivity contribution in [2.45, 2.75) is 24.2 Å². The van der Waals surface area contributed by atoms with Gasteiger partial charge >= 0.3 is 0 Å². The standard InChI is InChI=1S/C17H15ClFNO2S/c18-16-9-6-12(10-17(16)19)15-3-1-2-14(15)11-4-7-13(8-5-11)23(20,21)22/h4-10H,1-3H2,(H2,20,21,22). The molecule has 0 amide bonds. The number of hydrogen-bond acceptors (Lipinski definition) is 2. The zero-order chi connectivity index (χ0) is 16.6. The van der Waals surface area contributed by atoms with Crippen LogP contribution in [0.25, 0.3) is 11.1 Å². The van der Waals surface area contributed by atoms with Gasteiger partial charge in [-0.05, 0) is 65.8 Å². The molecule has 0 aliphatic heterocycles. The van der Waals surface area contributed by atoms with Crippen molar-refractivity contribution in [3.63, 3.8) is 0 Å². The van der Waals surface area contributed by atoms with Gasteiger partial charge in [-0.25, -0.2) is 17.9 Å². The van der Waals surface area contributed by atoms with E-state index < -0.39 is 15.8 Å². The van der Waals surface area contributed by atoms with Gasteiger partial charge in [0.1, 0.15) is 5.82 Å². The molecule has 3 rings (SSSR count). The summed E-state index contributed by atoms with van der Waals surface area (Å²) in [6.07, 6.45) is 2.70. The van der Waals surface area contributed by atoms with Crippen LogP contribution in [0.5, 0.6) is 0 Å². The van der Waals surface area contributed by atoms with Crippen molar-refractivity contribution in [3.8, 4) is 0 Å². The van der Waals surface area contributed by atoms with E-state index in [2.05, 4.69) is 0 Å². The molecule has 3 nitrogen and oxygen atoms in total. The maximum atomic E-state index is 13.7. The summed E-state index contributed by atoms with van der Waals surface area (Å²) >= 11 is 5.74. The molecule has 2 aromatic rings. The number of hydrogen-bond donors (Lipinski definition) is 1. The first-order chi connectivity index (χ1) is 10.9. The number of benzene rings is 2. The van der Waals surface area contributed by atoms with Crippen LogP contribution >= 0.6 is 11.6 Å². The maximum absolute atomic E-state index is 13.7. The smallest absolute Gasteiger partial charge is 0.225 e. The van der Waals surface area contributed by atoms with Crippen LogP contribution in [-0.4, -0.2) is 8.42 Å². The number of halogens is 2. The van der Waals surface area contributed by atoms with Crippen LogP contribution < -0.4 is 5.14 Å². The fraction of sp³-hybridized carbons (Fsp3) is 0.176. The highest BCUT2D eigenvalue weighted by atomic mass is 35.5. The Bertz CT molecular complexity index is 889. The van der Waals surface area contributed by atoms with Gasteiger partial charge in [0.15, 0.2) is 0 Å². The summed E-state index contributed by atoms with van der Waals surface area (Å²) in [4.78, 5) is 0.0823. The molecule has 0 heterocycles. The first-order valence-electron chi connectivity index (χ1n) is 7.17. The number of sulfonamides is 1. The Morgan fingerprint density at radius 1 is 0.957 bits per heavy atom. The first-order valence-corrected chi connectivity index (χ1v) is 9.09. The molecule has 0 atom stereocenters. The van der Waals surface area contributed by atoms with Crippen LogP contribution in [0.4, 0.5) is 4.39 Å². The quantitative estimate of drug-likeness (QED) is 0.899. The second-order valence-electron chi connectivity index (χ2n) is 5.51. The van der Waals surface area contributed by atoms with E-state index in [-0.39, 0.29) is 9.92 Å². The second-order valence-corrected chi connectivity index (χ2v) is 7.48. The van der Waals surface area contributed by atoms with Crippen molar-refractivity contribution in [3.05, 3.63) is 64.4 Å². The molecule has 2 aromatic carbocycles.